The van der Waals surface area contributed by atoms with Crippen LogP contribution in [0.15, 0.2) is 18.2 Å². The first-order valence-electron chi connectivity index (χ1n) is 8.68. The number of aromatic hydroxyl groups is 1. The average molecular weight is 375 g/mol. The predicted molar refractivity (Wildman–Crippen MR) is 101 cm³/mol. The molecule has 0 bridgehead atoms. The maximum atomic E-state index is 10.1. The lowest BCUT2D eigenvalue weighted by Gasteiger charge is -2.35. The van der Waals surface area contributed by atoms with Gasteiger partial charge in [-0.05, 0) is 43.0 Å². The third-order valence-corrected chi connectivity index (χ3v) is 5.75. The fraction of sp³-hybridized carbons (Fsp3) is 0.667. The van der Waals surface area contributed by atoms with E-state index in [4.69, 9.17) is 4.74 Å². The maximum absolute atomic E-state index is 10.1. The van der Waals surface area contributed by atoms with Crippen LogP contribution in [0.5, 0.6) is 5.75 Å². The molecular formula is C18H28Cl2N2O2. The summed E-state index contributed by atoms with van der Waals surface area (Å²) >= 11 is 0. The Bertz CT molecular complexity index is 538. The molecule has 1 aromatic rings. The summed E-state index contributed by atoms with van der Waals surface area (Å²) in [6, 6.07) is 6.75. The van der Waals surface area contributed by atoms with E-state index in [1.165, 1.54) is 43.6 Å². The zero-order valence-corrected chi connectivity index (χ0v) is 15.7. The van der Waals surface area contributed by atoms with Crippen molar-refractivity contribution in [2.75, 3.05) is 45.9 Å². The highest BCUT2D eigenvalue weighted by atomic mass is 35.5. The van der Waals surface area contributed by atoms with Gasteiger partial charge in [0.15, 0.2) is 0 Å². The lowest BCUT2D eigenvalue weighted by molar-refractivity contribution is 0.0322. The second kappa shape index (κ2) is 8.72. The Morgan fingerprint density at radius 2 is 1.83 bits per heavy atom. The van der Waals surface area contributed by atoms with Crippen molar-refractivity contribution in [3.8, 4) is 5.75 Å². The third kappa shape index (κ3) is 3.83. The molecule has 1 aromatic carbocycles. The summed E-state index contributed by atoms with van der Waals surface area (Å²) in [4.78, 5) is 5.21. The molecule has 2 heterocycles. The van der Waals surface area contributed by atoms with Crippen LogP contribution in [-0.2, 0) is 11.2 Å². The SMILES string of the molecule is Cl.Cl.Oc1cccc2c1CC[C@@H]1[C@H]2CCN1CCN1CCOCC1. The molecule has 2 aliphatic heterocycles. The molecular weight excluding hydrogens is 347 g/mol. The lowest BCUT2D eigenvalue weighted by Crippen LogP contribution is -2.43. The lowest BCUT2D eigenvalue weighted by atomic mass is 9.79. The minimum absolute atomic E-state index is 0. The Balaban J connectivity index is 0.00000104. The number of rotatable bonds is 3. The number of likely N-dealkylation sites (tertiary alicyclic amines) is 1. The maximum Gasteiger partial charge on any atom is 0.119 e. The quantitative estimate of drug-likeness (QED) is 0.881. The Morgan fingerprint density at radius 1 is 1.04 bits per heavy atom. The minimum Gasteiger partial charge on any atom is -0.508 e. The highest BCUT2D eigenvalue weighted by Crippen LogP contribution is 2.43. The molecule has 0 spiro atoms. The number of ether oxygens (including phenoxy) is 1. The zero-order valence-electron chi connectivity index (χ0n) is 14.0. The van der Waals surface area contributed by atoms with Crippen molar-refractivity contribution in [3.63, 3.8) is 0 Å². The van der Waals surface area contributed by atoms with Crippen LogP contribution in [0, 0.1) is 0 Å². The van der Waals surface area contributed by atoms with Gasteiger partial charge in [0.25, 0.3) is 0 Å². The summed E-state index contributed by atoms with van der Waals surface area (Å²) in [6.45, 7) is 7.48. The van der Waals surface area contributed by atoms with E-state index in [-0.39, 0.29) is 24.8 Å². The van der Waals surface area contributed by atoms with E-state index in [1.807, 2.05) is 12.1 Å². The number of hydrogen-bond donors (Lipinski definition) is 1. The van der Waals surface area contributed by atoms with Crippen LogP contribution >= 0.6 is 24.8 Å². The van der Waals surface area contributed by atoms with Gasteiger partial charge in [0.2, 0.25) is 0 Å². The van der Waals surface area contributed by atoms with Gasteiger partial charge >= 0.3 is 0 Å². The van der Waals surface area contributed by atoms with Crippen molar-refractivity contribution in [1.29, 1.82) is 0 Å². The van der Waals surface area contributed by atoms with Gasteiger partial charge in [0, 0.05) is 38.1 Å². The fourth-order valence-electron chi connectivity index (χ4n) is 4.54. The summed E-state index contributed by atoms with van der Waals surface area (Å²) in [5.74, 6) is 1.13. The molecule has 0 unspecified atom stereocenters. The van der Waals surface area contributed by atoms with Crippen LogP contribution in [0.3, 0.4) is 0 Å². The van der Waals surface area contributed by atoms with Crippen molar-refractivity contribution >= 4 is 24.8 Å². The molecule has 136 valence electrons. The molecule has 0 radical (unpaired) electrons. The summed E-state index contributed by atoms with van der Waals surface area (Å²) < 4.78 is 5.43. The van der Waals surface area contributed by atoms with E-state index in [0.717, 1.165) is 32.7 Å². The molecule has 2 atom stereocenters. The topological polar surface area (TPSA) is 35.9 Å². The normalized spacial score (nSPS) is 26.8. The highest BCUT2D eigenvalue weighted by Gasteiger charge is 2.39. The first-order valence-corrected chi connectivity index (χ1v) is 8.68. The third-order valence-electron chi connectivity index (χ3n) is 5.75. The van der Waals surface area contributed by atoms with Gasteiger partial charge in [0.1, 0.15) is 5.75 Å². The molecule has 1 aliphatic carbocycles. The monoisotopic (exact) mass is 374 g/mol. The van der Waals surface area contributed by atoms with Gasteiger partial charge in [-0.2, -0.15) is 0 Å². The van der Waals surface area contributed by atoms with Gasteiger partial charge < -0.3 is 9.84 Å². The van der Waals surface area contributed by atoms with E-state index >= 15 is 0 Å². The largest absolute Gasteiger partial charge is 0.508 e. The van der Waals surface area contributed by atoms with Crippen molar-refractivity contribution < 1.29 is 9.84 Å². The Hall–Kier alpha value is -0.520. The van der Waals surface area contributed by atoms with Crippen LogP contribution in [0.25, 0.3) is 0 Å². The molecule has 2 fully saturated rings. The van der Waals surface area contributed by atoms with Crippen molar-refractivity contribution in [2.24, 2.45) is 0 Å². The second-order valence-corrected chi connectivity index (χ2v) is 6.84. The molecule has 4 nitrogen and oxygen atoms in total. The van der Waals surface area contributed by atoms with E-state index in [0.29, 0.717) is 17.7 Å². The highest BCUT2D eigenvalue weighted by molar-refractivity contribution is 5.85. The van der Waals surface area contributed by atoms with Crippen LogP contribution in [0.2, 0.25) is 0 Å². The van der Waals surface area contributed by atoms with Crippen LogP contribution in [0.1, 0.15) is 29.9 Å². The molecule has 6 heteroatoms. The standard InChI is InChI=1S/C18H26N2O2.2ClH/c21-18-3-1-2-14-15-6-7-20(17(15)5-4-16(14)18)9-8-19-10-12-22-13-11-19;;/h1-3,15,17,21H,4-13H2;2*1H/t15-,17+;;/m0../s1. The van der Waals surface area contributed by atoms with Crippen LogP contribution in [0.4, 0.5) is 0 Å². The molecule has 24 heavy (non-hydrogen) atoms. The summed E-state index contributed by atoms with van der Waals surface area (Å²) in [5, 5.41) is 10.1. The van der Waals surface area contributed by atoms with E-state index in [1.54, 1.807) is 0 Å². The smallest absolute Gasteiger partial charge is 0.119 e. The van der Waals surface area contributed by atoms with Gasteiger partial charge in [-0.1, -0.05) is 12.1 Å². The van der Waals surface area contributed by atoms with E-state index in [9.17, 15) is 5.11 Å². The molecule has 4 rings (SSSR count). The number of hydrogen-bond acceptors (Lipinski definition) is 4. The van der Waals surface area contributed by atoms with Gasteiger partial charge in [0.05, 0.1) is 13.2 Å². The summed E-state index contributed by atoms with van der Waals surface area (Å²) in [6.07, 6.45) is 3.46. The Labute approximate surface area is 157 Å². The number of phenolic OH excluding ortho intramolecular Hbond substituents is 1. The predicted octanol–water partition coefficient (Wildman–Crippen LogP) is 2.67. The second-order valence-electron chi connectivity index (χ2n) is 6.84. The molecule has 1 N–H and O–H groups in total. The zero-order chi connectivity index (χ0) is 14.9. The molecule has 0 aromatic heterocycles. The van der Waals surface area contributed by atoms with Gasteiger partial charge in [-0.3, -0.25) is 9.80 Å². The van der Waals surface area contributed by atoms with E-state index < -0.39 is 0 Å². The van der Waals surface area contributed by atoms with Crippen LogP contribution < -0.4 is 0 Å². The Morgan fingerprint density at radius 3 is 2.62 bits per heavy atom. The average Bonchev–Trinajstić information content (AvgIpc) is 2.98. The molecule has 0 saturated carbocycles. The molecule has 3 aliphatic rings. The van der Waals surface area contributed by atoms with Gasteiger partial charge in [-0.25, -0.2) is 0 Å². The first kappa shape index (κ1) is 19.8. The Kier molecular flexibility index (Phi) is 7.20. The minimum atomic E-state index is 0. The summed E-state index contributed by atoms with van der Waals surface area (Å²) in [5.41, 5.74) is 2.61. The summed E-state index contributed by atoms with van der Waals surface area (Å²) in [7, 11) is 0. The van der Waals surface area contributed by atoms with Crippen LogP contribution in [-0.4, -0.2) is 66.9 Å². The number of phenols is 1. The number of halogens is 2. The number of fused-ring (bicyclic) bond motifs is 3. The van der Waals surface area contributed by atoms with Crippen molar-refractivity contribution in [2.45, 2.75) is 31.2 Å². The van der Waals surface area contributed by atoms with E-state index in [2.05, 4.69) is 15.9 Å². The first-order chi connectivity index (χ1) is 10.8. The number of benzene rings is 1. The van der Waals surface area contributed by atoms with Gasteiger partial charge in [-0.15, -0.1) is 24.8 Å². The molecule has 0 amide bonds. The number of nitrogens with zero attached hydrogens (tertiary/aromatic N) is 2. The number of morpholine rings is 1. The fourth-order valence-corrected chi connectivity index (χ4v) is 4.54. The van der Waals surface area contributed by atoms with Crippen molar-refractivity contribution in [1.82, 2.24) is 9.80 Å². The molecule has 2 saturated heterocycles. The van der Waals surface area contributed by atoms with Crippen molar-refractivity contribution in [3.05, 3.63) is 29.3 Å².